The Balaban J connectivity index is 2.66. The number of halogens is 1. The van der Waals surface area contributed by atoms with Crippen molar-refractivity contribution in [2.24, 2.45) is 0 Å². The molecule has 2 rings (SSSR count). The molecule has 0 aliphatic carbocycles. The highest BCUT2D eigenvalue weighted by atomic mass is 35.5. The molecule has 0 atom stereocenters. The van der Waals surface area contributed by atoms with E-state index in [4.69, 9.17) is 21.1 Å². The van der Waals surface area contributed by atoms with Gasteiger partial charge in [-0.05, 0) is 31.9 Å². The fraction of sp³-hybridized carbons (Fsp3) is 0.294. The zero-order chi connectivity index (χ0) is 17.3. The maximum absolute atomic E-state index is 12.4. The lowest BCUT2D eigenvalue weighted by molar-refractivity contribution is -0.618. The molecule has 0 radical (unpaired) electrons. The lowest BCUT2D eigenvalue weighted by atomic mass is 10.1. The second-order valence-corrected chi connectivity index (χ2v) is 5.84. The van der Waals surface area contributed by atoms with Crippen molar-refractivity contribution in [3.8, 4) is 11.6 Å². The molecule has 0 spiro atoms. The van der Waals surface area contributed by atoms with Gasteiger partial charge in [0.1, 0.15) is 5.75 Å². The highest BCUT2D eigenvalue weighted by molar-refractivity contribution is 6.33. The van der Waals surface area contributed by atoms with Crippen LogP contribution in [0.25, 0.3) is 0 Å². The average Bonchev–Trinajstić information content (AvgIpc) is 2.46. The SMILES string of the molecule is COC(=O)c1c(Cl)cc(C)[n+]([O-])c1Oc1c(C)cc(C)cc1C. The Morgan fingerprint density at radius 2 is 1.70 bits per heavy atom. The third-order valence-electron chi connectivity index (χ3n) is 3.49. The first kappa shape index (κ1) is 17.1. The van der Waals surface area contributed by atoms with Crippen molar-refractivity contribution in [1.82, 2.24) is 0 Å². The van der Waals surface area contributed by atoms with Crippen LogP contribution in [0.2, 0.25) is 5.02 Å². The topological polar surface area (TPSA) is 62.5 Å². The minimum atomic E-state index is -0.725. The van der Waals surface area contributed by atoms with Crippen molar-refractivity contribution in [2.75, 3.05) is 7.11 Å². The van der Waals surface area contributed by atoms with Crippen LogP contribution in [0.5, 0.6) is 11.6 Å². The van der Waals surface area contributed by atoms with Gasteiger partial charge in [-0.25, -0.2) is 4.79 Å². The Morgan fingerprint density at radius 3 is 2.22 bits per heavy atom. The van der Waals surface area contributed by atoms with Crippen molar-refractivity contribution >= 4 is 17.6 Å². The van der Waals surface area contributed by atoms with Crippen molar-refractivity contribution < 1.29 is 19.0 Å². The Labute approximate surface area is 140 Å². The Bertz CT molecular complexity index is 764. The summed E-state index contributed by atoms with van der Waals surface area (Å²) >= 11 is 6.12. The summed E-state index contributed by atoms with van der Waals surface area (Å²) in [6.45, 7) is 7.31. The number of hydrogen-bond donors (Lipinski definition) is 0. The second kappa shape index (κ2) is 6.46. The number of hydrogen-bond acceptors (Lipinski definition) is 4. The standard InChI is InChI=1S/C17H18ClNO4/c1-9-6-10(2)15(11(3)7-9)23-16-14(17(20)22-5)13(18)8-12(4)19(16)21/h6-8H,1-5H3. The van der Waals surface area contributed by atoms with Crippen LogP contribution < -0.4 is 9.47 Å². The van der Waals surface area contributed by atoms with Gasteiger partial charge in [-0.2, -0.15) is 0 Å². The maximum Gasteiger partial charge on any atom is 0.401 e. The Hall–Kier alpha value is -2.27. The van der Waals surface area contributed by atoms with Gasteiger partial charge in [-0.3, -0.25) is 0 Å². The molecule has 5 nitrogen and oxygen atoms in total. The third-order valence-corrected chi connectivity index (χ3v) is 3.78. The molecule has 0 amide bonds. The van der Waals surface area contributed by atoms with E-state index in [1.807, 2.05) is 32.9 Å². The van der Waals surface area contributed by atoms with E-state index < -0.39 is 5.97 Å². The minimum absolute atomic E-state index is 0.0888. The molecule has 0 aliphatic heterocycles. The lowest BCUT2D eigenvalue weighted by Crippen LogP contribution is -2.34. The molecule has 0 bridgehead atoms. The largest absolute Gasteiger partial charge is 0.616 e. The molecule has 0 unspecified atom stereocenters. The summed E-state index contributed by atoms with van der Waals surface area (Å²) in [6, 6.07) is 5.28. The van der Waals surface area contributed by atoms with Crippen LogP contribution in [0.3, 0.4) is 0 Å². The fourth-order valence-corrected chi connectivity index (χ4v) is 2.80. The molecule has 0 fully saturated rings. The molecule has 0 saturated carbocycles. The van der Waals surface area contributed by atoms with Gasteiger partial charge in [-0.1, -0.05) is 29.3 Å². The Morgan fingerprint density at radius 1 is 1.13 bits per heavy atom. The van der Waals surface area contributed by atoms with Gasteiger partial charge in [0.15, 0.2) is 11.3 Å². The van der Waals surface area contributed by atoms with Gasteiger partial charge >= 0.3 is 11.8 Å². The van der Waals surface area contributed by atoms with E-state index in [-0.39, 0.29) is 16.5 Å². The zero-order valence-corrected chi connectivity index (χ0v) is 14.4. The van der Waals surface area contributed by atoms with Crippen molar-refractivity contribution in [2.45, 2.75) is 27.7 Å². The van der Waals surface area contributed by atoms with E-state index in [0.29, 0.717) is 16.2 Å². The summed E-state index contributed by atoms with van der Waals surface area (Å²) in [5, 5.41) is 12.5. The van der Waals surface area contributed by atoms with Crippen LogP contribution in [0.1, 0.15) is 32.7 Å². The number of pyridine rings is 1. The van der Waals surface area contributed by atoms with E-state index in [1.54, 1.807) is 6.92 Å². The average molecular weight is 336 g/mol. The molecule has 6 heteroatoms. The maximum atomic E-state index is 12.4. The molecule has 0 saturated heterocycles. The third kappa shape index (κ3) is 3.24. The molecule has 1 aromatic heterocycles. The monoisotopic (exact) mass is 335 g/mol. The van der Waals surface area contributed by atoms with Gasteiger partial charge in [0.2, 0.25) is 0 Å². The first-order valence-electron chi connectivity index (χ1n) is 7.03. The summed E-state index contributed by atoms with van der Waals surface area (Å²) < 4.78 is 11.1. The van der Waals surface area contributed by atoms with E-state index in [2.05, 4.69) is 0 Å². The molecular formula is C17H18ClNO4. The first-order valence-corrected chi connectivity index (χ1v) is 7.40. The number of benzene rings is 1. The summed E-state index contributed by atoms with van der Waals surface area (Å²) in [4.78, 5) is 12.0. The number of esters is 1. The van der Waals surface area contributed by atoms with Gasteiger partial charge < -0.3 is 14.7 Å². The van der Waals surface area contributed by atoms with Crippen LogP contribution >= 0.6 is 11.6 Å². The molecule has 1 heterocycles. The number of aryl methyl sites for hydroxylation is 4. The van der Waals surface area contributed by atoms with E-state index in [1.165, 1.54) is 13.2 Å². The molecule has 122 valence electrons. The number of ether oxygens (including phenoxy) is 2. The van der Waals surface area contributed by atoms with E-state index in [9.17, 15) is 10.0 Å². The molecule has 23 heavy (non-hydrogen) atoms. The number of aromatic nitrogens is 1. The van der Waals surface area contributed by atoms with Gasteiger partial charge in [0, 0.05) is 13.0 Å². The second-order valence-electron chi connectivity index (χ2n) is 5.43. The van der Waals surface area contributed by atoms with Crippen LogP contribution in [-0.4, -0.2) is 13.1 Å². The molecule has 2 aromatic rings. The Kier molecular flexibility index (Phi) is 4.80. The number of carbonyl (C=O) groups excluding carboxylic acids is 1. The van der Waals surface area contributed by atoms with Crippen LogP contribution in [0.15, 0.2) is 18.2 Å². The summed E-state index contributed by atoms with van der Waals surface area (Å²) in [5.74, 6) is -0.388. The zero-order valence-electron chi connectivity index (χ0n) is 13.7. The number of methoxy groups -OCH3 is 1. The minimum Gasteiger partial charge on any atom is -0.616 e. The van der Waals surface area contributed by atoms with Crippen LogP contribution in [0.4, 0.5) is 0 Å². The number of carbonyl (C=O) groups is 1. The lowest BCUT2D eigenvalue weighted by Gasteiger charge is -2.15. The normalized spacial score (nSPS) is 10.5. The molecule has 1 aromatic carbocycles. The molecular weight excluding hydrogens is 318 g/mol. The van der Waals surface area contributed by atoms with Gasteiger partial charge in [0.25, 0.3) is 0 Å². The quantitative estimate of drug-likeness (QED) is 0.486. The van der Waals surface area contributed by atoms with Crippen molar-refractivity contribution in [3.05, 3.63) is 56.4 Å². The predicted molar refractivity (Wildman–Crippen MR) is 87.2 cm³/mol. The van der Waals surface area contributed by atoms with Gasteiger partial charge in [-0.15, -0.1) is 4.73 Å². The van der Waals surface area contributed by atoms with Crippen LogP contribution in [-0.2, 0) is 4.74 Å². The smallest absolute Gasteiger partial charge is 0.401 e. The van der Waals surface area contributed by atoms with Gasteiger partial charge in [0.05, 0.1) is 12.1 Å². The predicted octanol–water partition coefficient (Wildman–Crippen LogP) is 3.79. The van der Waals surface area contributed by atoms with Crippen LogP contribution in [0, 0.1) is 32.9 Å². The first-order chi connectivity index (χ1) is 10.8. The fourth-order valence-electron chi connectivity index (χ4n) is 2.48. The number of nitrogens with zero attached hydrogens (tertiary/aromatic N) is 1. The number of rotatable bonds is 3. The van der Waals surface area contributed by atoms with Crippen molar-refractivity contribution in [3.63, 3.8) is 0 Å². The highest BCUT2D eigenvalue weighted by Gasteiger charge is 2.29. The van der Waals surface area contributed by atoms with E-state index >= 15 is 0 Å². The summed E-state index contributed by atoms with van der Waals surface area (Å²) in [6.07, 6.45) is 0. The highest BCUT2D eigenvalue weighted by Crippen LogP contribution is 2.33. The van der Waals surface area contributed by atoms with E-state index in [0.717, 1.165) is 16.7 Å². The molecule has 0 N–H and O–H groups in total. The summed E-state index contributed by atoms with van der Waals surface area (Å²) in [5.41, 5.74) is 3.03. The van der Waals surface area contributed by atoms with Crippen molar-refractivity contribution in [1.29, 1.82) is 0 Å². The summed E-state index contributed by atoms with van der Waals surface area (Å²) in [7, 11) is 1.22. The molecule has 0 aliphatic rings.